The van der Waals surface area contributed by atoms with Crippen LogP contribution in [0.5, 0.6) is 5.75 Å². The summed E-state index contributed by atoms with van der Waals surface area (Å²) >= 11 is 5.22. The topological polar surface area (TPSA) is 48.9 Å². The number of para-hydroxylation sites is 1. The van der Waals surface area contributed by atoms with E-state index in [0.29, 0.717) is 5.56 Å². The number of nitrogens with one attached hydrogen (secondary N) is 1. The molecule has 1 heterocycles. The molecule has 0 fully saturated rings. The molecular formula is C12H12N2OS. The third-order valence-electron chi connectivity index (χ3n) is 2.40. The van der Waals surface area contributed by atoms with E-state index in [9.17, 15) is 5.11 Å². The van der Waals surface area contributed by atoms with Gasteiger partial charge in [0, 0.05) is 5.56 Å². The Morgan fingerprint density at radius 2 is 2.12 bits per heavy atom. The predicted octanol–water partition coefficient (Wildman–Crippen LogP) is 3.07. The molecule has 0 spiro atoms. The Balaban J connectivity index is 2.54. The van der Waals surface area contributed by atoms with Crippen LogP contribution in [0.3, 0.4) is 0 Å². The number of rotatable bonds is 2. The Kier molecular flexibility index (Phi) is 3.01. The summed E-state index contributed by atoms with van der Waals surface area (Å²) in [4.78, 5) is 0. The minimum atomic E-state index is 0.221. The number of aromatic nitrogens is 2. The number of aromatic hydroxyl groups is 1. The summed E-state index contributed by atoms with van der Waals surface area (Å²) in [5.41, 5.74) is 2.32. The van der Waals surface area contributed by atoms with E-state index in [4.69, 9.17) is 12.2 Å². The number of aryl methyl sites for hydroxylation is 1. The molecule has 82 valence electrons. The normalized spacial score (nSPS) is 10.3. The highest BCUT2D eigenvalue weighted by molar-refractivity contribution is 7.71. The minimum absolute atomic E-state index is 0.221. The monoisotopic (exact) mass is 232 g/mol. The first-order valence-corrected chi connectivity index (χ1v) is 5.50. The van der Waals surface area contributed by atoms with Crippen LogP contribution in [0.15, 0.2) is 30.3 Å². The molecule has 0 aliphatic heterocycles. The van der Waals surface area contributed by atoms with Crippen LogP contribution in [0, 0.1) is 4.51 Å². The van der Waals surface area contributed by atoms with E-state index in [1.807, 2.05) is 25.1 Å². The summed E-state index contributed by atoms with van der Waals surface area (Å²) in [5.74, 6) is 0.221. The van der Waals surface area contributed by atoms with Gasteiger partial charge in [-0.05, 0) is 24.6 Å². The van der Waals surface area contributed by atoms with Crippen molar-refractivity contribution in [1.82, 2.24) is 10.2 Å². The zero-order valence-corrected chi connectivity index (χ0v) is 9.71. The van der Waals surface area contributed by atoms with Gasteiger partial charge in [0.2, 0.25) is 0 Å². The van der Waals surface area contributed by atoms with Crippen molar-refractivity contribution < 1.29 is 5.11 Å². The predicted molar refractivity (Wildman–Crippen MR) is 65.9 cm³/mol. The van der Waals surface area contributed by atoms with Crippen molar-refractivity contribution in [1.29, 1.82) is 0 Å². The van der Waals surface area contributed by atoms with Gasteiger partial charge in [0.15, 0.2) is 0 Å². The van der Waals surface area contributed by atoms with Crippen LogP contribution in [-0.4, -0.2) is 15.3 Å². The second kappa shape index (κ2) is 4.45. The lowest BCUT2D eigenvalue weighted by Gasteiger charge is -2.05. The smallest absolute Gasteiger partial charge is 0.124 e. The number of hydrogen-bond acceptors (Lipinski definition) is 3. The standard InChI is InChI=1S/C12H12N2OS/c1-2-9-12(16)7-10(14-13-9)8-5-3-4-6-11(8)15/h3-7,15H,2H2,1H3,(H,14,16). The van der Waals surface area contributed by atoms with Crippen LogP contribution in [0.1, 0.15) is 12.6 Å². The first-order chi connectivity index (χ1) is 7.72. The van der Waals surface area contributed by atoms with Crippen molar-refractivity contribution in [3.63, 3.8) is 0 Å². The summed E-state index contributed by atoms with van der Waals surface area (Å²) in [6.07, 6.45) is 0.802. The highest BCUT2D eigenvalue weighted by atomic mass is 32.1. The third-order valence-corrected chi connectivity index (χ3v) is 2.75. The van der Waals surface area contributed by atoms with Crippen molar-refractivity contribution in [3.05, 3.63) is 40.5 Å². The first-order valence-electron chi connectivity index (χ1n) is 5.09. The molecule has 0 radical (unpaired) electrons. The molecular weight excluding hydrogens is 220 g/mol. The molecule has 1 aromatic carbocycles. The molecule has 0 aliphatic rings. The maximum Gasteiger partial charge on any atom is 0.124 e. The molecule has 0 amide bonds. The number of hydrogen-bond donors (Lipinski definition) is 2. The molecule has 2 aromatic rings. The van der Waals surface area contributed by atoms with Crippen LogP contribution in [0.25, 0.3) is 11.3 Å². The maximum atomic E-state index is 9.70. The number of nitrogens with zero attached hydrogens (tertiary/aromatic N) is 1. The van der Waals surface area contributed by atoms with E-state index in [1.165, 1.54) is 0 Å². The maximum absolute atomic E-state index is 9.70. The zero-order valence-electron chi connectivity index (χ0n) is 8.90. The fourth-order valence-electron chi connectivity index (χ4n) is 1.52. The van der Waals surface area contributed by atoms with E-state index in [-0.39, 0.29) is 5.75 Å². The van der Waals surface area contributed by atoms with Crippen LogP contribution in [0.2, 0.25) is 0 Å². The van der Waals surface area contributed by atoms with Gasteiger partial charge in [0.05, 0.1) is 15.9 Å². The lowest BCUT2D eigenvalue weighted by atomic mass is 10.1. The Morgan fingerprint density at radius 1 is 1.38 bits per heavy atom. The molecule has 0 bridgehead atoms. The lowest BCUT2D eigenvalue weighted by molar-refractivity contribution is 0.477. The highest BCUT2D eigenvalue weighted by Gasteiger charge is 2.05. The Hall–Kier alpha value is -1.68. The van der Waals surface area contributed by atoms with Gasteiger partial charge in [-0.1, -0.05) is 31.3 Å². The lowest BCUT2D eigenvalue weighted by Crippen LogP contribution is -1.94. The molecule has 3 nitrogen and oxygen atoms in total. The van der Waals surface area contributed by atoms with E-state index in [0.717, 1.165) is 22.3 Å². The van der Waals surface area contributed by atoms with Gasteiger partial charge < -0.3 is 5.11 Å². The van der Waals surface area contributed by atoms with Crippen LogP contribution in [0.4, 0.5) is 0 Å². The largest absolute Gasteiger partial charge is 0.507 e. The molecule has 1 aromatic heterocycles. The molecule has 0 aliphatic carbocycles. The number of phenolic OH excluding ortho intramolecular Hbond substituents is 1. The van der Waals surface area contributed by atoms with Gasteiger partial charge in [-0.2, -0.15) is 5.10 Å². The second-order valence-electron chi connectivity index (χ2n) is 3.46. The average molecular weight is 232 g/mol. The van der Waals surface area contributed by atoms with Gasteiger partial charge >= 0.3 is 0 Å². The van der Waals surface area contributed by atoms with Gasteiger partial charge in [0.1, 0.15) is 5.75 Å². The summed E-state index contributed by atoms with van der Waals surface area (Å²) in [5, 5.41) is 16.8. The van der Waals surface area contributed by atoms with Crippen LogP contribution in [-0.2, 0) is 6.42 Å². The van der Waals surface area contributed by atoms with Crippen molar-refractivity contribution in [2.45, 2.75) is 13.3 Å². The van der Waals surface area contributed by atoms with Gasteiger partial charge in [-0.3, -0.25) is 5.10 Å². The van der Waals surface area contributed by atoms with Gasteiger partial charge in [-0.25, -0.2) is 0 Å². The number of phenols is 1. The summed E-state index contributed by atoms with van der Waals surface area (Å²) in [6, 6.07) is 8.93. The molecule has 2 N–H and O–H groups in total. The fourth-order valence-corrected chi connectivity index (χ4v) is 1.83. The highest BCUT2D eigenvalue weighted by Crippen LogP contribution is 2.26. The van der Waals surface area contributed by atoms with E-state index in [1.54, 1.807) is 12.1 Å². The number of aromatic amines is 1. The summed E-state index contributed by atoms with van der Waals surface area (Å²) in [7, 11) is 0. The van der Waals surface area contributed by atoms with Gasteiger partial charge in [-0.15, -0.1) is 0 Å². The van der Waals surface area contributed by atoms with Crippen molar-refractivity contribution >= 4 is 12.2 Å². The SMILES string of the molecule is CCc1n[nH]c(-c2ccccc2O)cc1=S. The molecule has 2 rings (SSSR count). The molecule has 16 heavy (non-hydrogen) atoms. The van der Waals surface area contributed by atoms with Crippen LogP contribution < -0.4 is 0 Å². The number of benzene rings is 1. The summed E-state index contributed by atoms with van der Waals surface area (Å²) in [6.45, 7) is 2.01. The van der Waals surface area contributed by atoms with Crippen molar-refractivity contribution in [2.24, 2.45) is 0 Å². The molecule has 0 atom stereocenters. The quantitative estimate of drug-likeness (QED) is 0.782. The van der Waals surface area contributed by atoms with Crippen molar-refractivity contribution in [2.75, 3.05) is 0 Å². The Bertz CT molecular complexity index is 563. The molecule has 4 heteroatoms. The van der Waals surface area contributed by atoms with E-state index in [2.05, 4.69) is 10.2 Å². The van der Waals surface area contributed by atoms with E-state index < -0.39 is 0 Å². The van der Waals surface area contributed by atoms with Crippen LogP contribution >= 0.6 is 12.2 Å². The fraction of sp³-hybridized carbons (Fsp3) is 0.167. The molecule has 0 saturated carbocycles. The Morgan fingerprint density at radius 3 is 2.75 bits per heavy atom. The van der Waals surface area contributed by atoms with E-state index >= 15 is 0 Å². The third kappa shape index (κ3) is 1.97. The molecule has 0 saturated heterocycles. The first kappa shape index (κ1) is 10.8. The summed E-state index contributed by atoms with van der Waals surface area (Å²) < 4.78 is 0.722. The zero-order chi connectivity index (χ0) is 11.5. The van der Waals surface area contributed by atoms with Crippen molar-refractivity contribution in [3.8, 4) is 17.0 Å². The minimum Gasteiger partial charge on any atom is -0.507 e. The molecule has 0 unspecified atom stereocenters. The second-order valence-corrected chi connectivity index (χ2v) is 3.90. The Labute approximate surface area is 98.8 Å². The average Bonchev–Trinajstić information content (AvgIpc) is 2.29. The van der Waals surface area contributed by atoms with Gasteiger partial charge in [0.25, 0.3) is 0 Å². The number of H-pyrrole nitrogens is 1.